The molecule has 0 radical (unpaired) electrons. The quantitative estimate of drug-likeness (QED) is 0.399. The predicted octanol–water partition coefficient (Wildman–Crippen LogP) is 3.80. The van der Waals surface area contributed by atoms with Crippen molar-refractivity contribution in [2.24, 2.45) is 16.8 Å². The lowest BCUT2D eigenvalue weighted by atomic mass is 9.52. The summed E-state index contributed by atoms with van der Waals surface area (Å²) in [7, 11) is 4.18. The highest BCUT2D eigenvalue weighted by molar-refractivity contribution is 5.75. The molecule has 0 aromatic heterocycles. The Bertz CT molecular complexity index is 2060. The average Bonchev–Trinajstić information content (AvgIpc) is 3.73. The Hall–Kier alpha value is -3.91. The first-order chi connectivity index (χ1) is 22.9. The van der Waals surface area contributed by atoms with Gasteiger partial charge in [-0.2, -0.15) is 0 Å². The number of piperidine rings is 1. The van der Waals surface area contributed by atoms with E-state index in [-0.39, 0.29) is 29.9 Å². The van der Waals surface area contributed by atoms with Gasteiger partial charge in [0.15, 0.2) is 0 Å². The van der Waals surface area contributed by atoms with Crippen LogP contribution in [0.4, 0.5) is 5.69 Å². The average molecular weight is 628 g/mol. The summed E-state index contributed by atoms with van der Waals surface area (Å²) in [6.07, 6.45) is 12.4. The van der Waals surface area contributed by atoms with E-state index in [1.807, 2.05) is 12.1 Å². The van der Waals surface area contributed by atoms with Crippen molar-refractivity contribution in [3.63, 3.8) is 0 Å². The zero-order chi connectivity index (χ0) is 31.8. The molecule has 3 fully saturated rings. The fourth-order valence-electron chi connectivity index (χ4n) is 11.6. The molecule has 7 atom stereocenters. The number of ether oxygens (including phenoxy) is 1. The van der Waals surface area contributed by atoms with Crippen molar-refractivity contribution in [1.82, 2.24) is 4.90 Å². The molecule has 7 heteroatoms. The molecule has 7 aliphatic heterocycles. The van der Waals surface area contributed by atoms with Crippen LogP contribution in [0.2, 0.25) is 0 Å². The van der Waals surface area contributed by atoms with E-state index in [0.717, 1.165) is 88.7 Å². The largest absolute Gasteiger partial charge is 0.496 e. The van der Waals surface area contributed by atoms with E-state index >= 15 is 0 Å². The van der Waals surface area contributed by atoms with Gasteiger partial charge >= 0.3 is 0 Å². The molecule has 47 heavy (non-hydrogen) atoms. The van der Waals surface area contributed by atoms with E-state index in [9.17, 15) is 10.2 Å². The third-order valence-corrected chi connectivity index (χ3v) is 13.4. The highest BCUT2D eigenvalue weighted by atomic mass is 16.5. The molecular formula is C40H43N4O3+. The molecule has 2 bridgehead atoms. The van der Waals surface area contributed by atoms with Crippen LogP contribution in [0.15, 0.2) is 106 Å². The summed E-state index contributed by atoms with van der Waals surface area (Å²) in [5.74, 6) is 1.16. The Labute approximate surface area is 276 Å². The number of benzene rings is 2. The molecule has 2 saturated heterocycles. The first-order valence-electron chi connectivity index (χ1n) is 17.5. The van der Waals surface area contributed by atoms with E-state index in [4.69, 9.17) is 9.73 Å². The molecule has 240 valence electrons. The van der Waals surface area contributed by atoms with Crippen molar-refractivity contribution in [2.45, 2.75) is 56.2 Å². The first kappa shape index (κ1) is 28.1. The van der Waals surface area contributed by atoms with Gasteiger partial charge in [-0.1, -0.05) is 37.3 Å². The molecule has 2 N–H and O–H groups in total. The lowest BCUT2D eigenvalue weighted by Crippen LogP contribution is -2.70. The second-order valence-electron chi connectivity index (χ2n) is 15.1. The van der Waals surface area contributed by atoms with Crippen molar-refractivity contribution in [3.8, 4) is 5.75 Å². The number of methoxy groups -OCH3 is 1. The molecule has 0 amide bonds. The zero-order valence-corrected chi connectivity index (χ0v) is 27.5. The number of hydrogen-bond donors (Lipinski definition) is 2. The summed E-state index contributed by atoms with van der Waals surface area (Å²) >= 11 is 0. The van der Waals surface area contributed by atoms with Crippen LogP contribution in [0.25, 0.3) is 5.57 Å². The fourth-order valence-corrected chi connectivity index (χ4v) is 11.6. The molecule has 0 unspecified atom stereocenters. The fraction of sp³-hybridized carbons (Fsp3) is 0.425. The normalized spacial score (nSPS) is 36.2. The maximum absolute atomic E-state index is 12.8. The van der Waals surface area contributed by atoms with E-state index in [1.165, 1.54) is 28.0 Å². The van der Waals surface area contributed by atoms with Gasteiger partial charge in [0.25, 0.3) is 0 Å². The molecule has 7 nitrogen and oxygen atoms in total. The maximum atomic E-state index is 12.8. The monoisotopic (exact) mass is 627 g/mol. The lowest BCUT2D eigenvalue weighted by molar-refractivity contribution is -0.925. The van der Waals surface area contributed by atoms with Gasteiger partial charge in [-0.05, 0) is 70.9 Å². The molecular weight excluding hydrogens is 584 g/mol. The van der Waals surface area contributed by atoms with Gasteiger partial charge in [0, 0.05) is 54.2 Å². The number of allylic oxidation sites excluding steroid dienone is 3. The van der Waals surface area contributed by atoms with Crippen LogP contribution in [0.3, 0.4) is 0 Å². The van der Waals surface area contributed by atoms with Crippen molar-refractivity contribution in [2.75, 3.05) is 45.3 Å². The Balaban J connectivity index is 1.18. The molecule has 1 saturated carbocycles. The van der Waals surface area contributed by atoms with Gasteiger partial charge in [-0.15, -0.1) is 0 Å². The Morgan fingerprint density at radius 1 is 1.15 bits per heavy atom. The highest BCUT2D eigenvalue weighted by Gasteiger charge is 2.74. The number of para-hydroxylation sites is 1. The molecule has 7 heterocycles. The summed E-state index contributed by atoms with van der Waals surface area (Å²) < 4.78 is 6.82. The van der Waals surface area contributed by atoms with E-state index < -0.39 is 6.10 Å². The Kier molecular flexibility index (Phi) is 5.74. The number of rotatable bonds is 4. The van der Waals surface area contributed by atoms with Crippen LogP contribution in [-0.4, -0.2) is 78.2 Å². The SMILES string of the molecule is CCC1=CN2CCC3=c4c(OC)cccc4=NC3=C2C=C1C1=CN2c3ccccc3[C@]34CC[N@@+]5(C)C/C(=C/CO)[C@H](C[C@@H]35)[C@@H]([C@@H]1O)[C@H]24. The summed E-state index contributed by atoms with van der Waals surface area (Å²) in [5, 5.41) is 25.1. The molecule has 8 aliphatic rings. The second kappa shape index (κ2) is 9.59. The highest BCUT2D eigenvalue weighted by Crippen LogP contribution is 2.67. The number of likely N-dealkylation sites (N-methyl/N-ethyl adjacent to an activating group) is 1. The number of quaternary nitrogens is 1. The Morgan fingerprint density at radius 3 is 2.85 bits per heavy atom. The molecule has 10 rings (SSSR count). The van der Waals surface area contributed by atoms with Gasteiger partial charge in [0.1, 0.15) is 18.3 Å². The van der Waals surface area contributed by atoms with Crippen LogP contribution in [0.5, 0.6) is 5.75 Å². The van der Waals surface area contributed by atoms with Gasteiger partial charge in [-0.3, -0.25) is 0 Å². The van der Waals surface area contributed by atoms with Gasteiger partial charge < -0.3 is 29.2 Å². The standard InChI is InChI=1S/C40H43N4O3/c1-4-23-20-42-15-12-25-35-30(9-7-11-33(35)47-3)41-37(25)32(42)18-26(23)28-21-43-31-10-6-5-8-29(31)40-14-16-44(2)22-24(13-17-45)27(19-34(40)44)36(38(28)46)39(40)43/h5-11,13,18,20-21,27,34,36,38-39,45-46H,4,12,14-17,19,22H2,1-3H3/q+1/b24-13-/t27-,34-,36-,38+,39-,40+,44-/m0/s1. The molecule has 2 aromatic rings. The van der Waals surface area contributed by atoms with Crippen molar-refractivity contribution in [1.29, 1.82) is 0 Å². The minimum absolute atomic E-state index is 0.0207. The van der Waals surface area contributed by atoms with Crippen LogP contribution in [0, 0.1) is 11.8 Å². The maximum Gasteiger partial charge on any atom is 0.128 e. The zero-order valence-electron chi connectivity index (χ0n) is 27.5. The number of anilines is 1. The van der Waals surface area contributed by atoms with E-state index in [0.29, 0.717) is 6.04 Å². The van der Waals surface area contributed by atoms with Crippen molar-refractivity contribution in [3.05, 3.63) is 117 Å². The number of aliphatic hydroxyl groups is 2. The van der Waals surface area contributed by atoms with Crippen LogP contribution >= 0.6 is 0 Å². The minimum Gasteiger partial charge on any atom is -0.496 e. The minimum atomic E-state index is -0.615. The third kappa shape index (κ3) is 3.40. The van der Waals surface area contributed by atoms with Gasteiger partial charge in [0.05, 0.1) is 61.6 Å². The van der Waals surface area contributed by atoms with Crippen LogP contribution in [0.1, 0.15) is 38.2 Å². The second-order valence-corrected chi connectivity index (χ2v) is 15.1. The summed E-state index contributed by atoms with van der Waals surface area (Å²) in [4.78, 5) is 10.1. The number of hydrogen-bond acceptors (Lipinski definition) is 6. The molecule has 2 aromatic carbocycles. The van der Waals surface area contributed by atoms with Gasteiger partial charge in [-0.25, -0.2) is 4.99 Å². The third-order valence-electron chi connectivity index (χ3n) is 13.4. The Morgan fingerprint density at radius 2 is 2.02 bits per heavy atom. The summed E-state index contributed by atoms with van der Waals surface area (Å²) in [6.45, 7) is 5.27. The topological polar surface area (TPSA) is 68.5 Å². The van der Waals surface area contributed by atoms with Crippen LogP contribution in [-0.2, 0) is 5.41 Å². The van der Waals surface area contributed by atoms with Crippen molar-refractivity contribution < 1.29 is 19.4 Å². The summed E-state index contributed by atoms with van der Waals surface area (Å²) in [6, 6.07) is 15.9. The smallest absolute Gasteiger partial charge is 0.128 e. The van der Waals surface area contributed by atoms with E-state index in [1.54, 1.807) is 7.11 Å². The predicted molar refractivity (Wildman–Crippen MR) is 182 cm³/mol. The number of nitrogens with zero attached hydrogens (tertiary/aromatic N) is 4. The van der Waals surface area contributed by atoms with E-state index in [2.05, 4.69) is 78.7 Å². The lowest BCUT2D eigenvalue weighted by Gasteiger charge is -2.60. The van der Waals surface area contributed by atoms with Gasteiger partial charge in [0.2, 0.25) is 0 Å². The molecule has 1 spiro atoms. The first-order valence-corrected chi connectivity index (χ1v) is 17.5. The number of aliphatic hydroxyl groups excluding tert-OH is 2. The summed E-state index contributed by atoms with van der Waals surface area (Å²) in [5.41, 5.74) is 10.9. The molecule has 1 aliphatic carbocycles. The van der Waals surface area contributed by atoms with Crippen molar-refractivity contribution >= 4 is 11.3 Å². The number of fused-ring (bicyclic) bond motifs is 7. The van der Waals surface area contributed by atoms with Crippen LogP contribution < -0.4 is 20.2 Å².